The molecule has 1 atom stereocenters. The molecule has 146 valence electrons. The number of methoxy groups -OCH3 is 2. The molecule has 0 saturated carbocycles. The summed E-state index contributed by atoms with van der Waals surface area (Å²) >= 11 is 0. The molecule has 9 heteroatoms. The molecule has 1 unspecified atom stereocenters. The number of carbonyl (C=O) groups is 3. The Morgan fingerprint density at radius 2 is 1.78 bits per heavy atom. The van der Waals surface area contributed by atoms with Gasteiger partial charge in [0, 0.05) is 25.0 Å². The molecule has 0 saturated heterocycles. The lowest BCUT2D eigenvalue weighted by Gasteiger charge is -2.14. The second-order valence-electron chi connectivity index (χ2n) is 5.98. The quantitative estimate of drug-likeness (QED) is 0.629. The fraction of sp³-hybridized carbons (Fsp3) is 0.389. The van der Waals surface area contributed by atoms with Gasteiger partial charge in [-0.05, 0) is 19.1 Å². The summed E-state index contributed by atoms with van der Waals surface area (Å²) in [6, 6.07) is 4.43. The largest absolute Gasteiger partial charge is 0.493 e. The zero-order valence-corrected chi connectivity index (χ0v) is 15.7. The van der Waals surface area contributed by atoms with Gasteiger partial charge in [-0.25, -0.2) is 0 Å². The Morgan fingerprint density at radius 1 is 1.15 bits per heavy atom. The normalized spacial score (nSPS) is 11.7. The summed E-state index contributed by atoms with van der Waals surface area (Å²) in [6.07, 6.45) is -0.181. The number of hydrogen-bond acceptors (Lipinski definition) is 5. The number of amides is 2. The summed E-state index contributed by atoms with van der Waals surface area (Å²) in [6.45, 7) is 1.53. The smallest absolute Gasteiger partial charge is 0.305 e. The Labute approximate surface area is 156 Å². The Balaban J connectivity index is 2.16. The van der Waals surface area contributed by atoms with Crippen molar-refractivity contribution in [1.82, 2.24) is 15.2 Å². The number of carboxylic acids is 1. The van der Waals surface area contributed by atoms with Gasteiger partial charge in [-0.15, -0.1) is 0 Å². The number of fused-ring (bicyclic) bond motifs is 1. The summed E-state index contributed by atoms with van der Waals surface area (Å²) in [5, 5.41) is 14.5. The van der Waals surface area contributed by atoms with Crippen molar-refractivity contribution in [3.63, 3.8) is 0 Å². The molecular formula is C18H23N3O6. The van der Waals surface area contributed by atoms with Crippen molar-refractivity contribution < 1.29 is 29.0 Å². The number of nitrogens with one attached hydrogen (secondary N) is 2. The molecule has 9 nitrogen and oxygen atoms in total. The predicted molar refractivity (Wildman–Crippen MR) is 98.2 cm³/mol. The van der Waals surface area contributed by atoms with E-state index in [9.17, 15) is 14.4 Å². The maximum atomic E-state index is 12.6. The van der Waals surface area contributed by atoms with Gasteiger partial charge in [0.1, 0.15) is 11.7 Å². The van der Waals surface area contributed by atoms with E-state index < -0.39 is 23.8 Å². The molecule has 0 spiro atoms. The van der Waals surface area contributed by atoms with E-state index in [1.807, 2.05) is 0 Å². The highest BCUT2D eigenvalue weighted by molar-refractivity contribution is 6.01. The van der Waals surface area contributed by atoms with Crippen LogP contribution in [0.1, 0.15) is 23.8 Å². The third-order valence-corrected chi connectivity index (χ3v) is 4.16. The van der Waals surface area contributed by atoms with Crippen LogP contribution in [0.2, 0.25) is 0 Å². The molecule has 1 aromatic carbocycles. The fourth-order valence-corrected chi connectivity index (χ4v) is 2.66. The minimum atomic E-state index is -1.01. The van der Waals surface area contributed by atoms with Gasteiger partial charge in [0.2, 0.25) is 5.91 Å². The Bertz CT molecular complexity index is 874. The molecule has 1 aromatic heterocycles. The van der Waals surface area contributed by atoms with Gasteiger partial charge in [0.15, 0.2) is 11.5 Å². The van der Waals surface area contributed by atoms with Crippen LogP contribution in [-0.4, -0.2) is 54.3 Å². The van der Waals surface area contributed by atoms with Crippen molar-refractivity contribution in [3.8, 4) is 11.5 Å². The highest BCUT2D eigenvalue weighted by Crippen LogP contribution is 2.33. The molecule has 0 radical (unpaired) electrons. The summed E-state index contributed by atoms with van der Waals surface area (Å²) in [4.78, 5) is 35.0. The topological polar surface area (TPSA) is 119 Å². The van der Waals surface area contributed by atoms with Crippen molar-refractivity contribution >= 4 is 28.7 Å². The standard InChI is InChI=1S/C18H23N3O6/c1-10(17(24)19-6-5-16(22)23)20-18(25)13-7-11-8-14(26-3)15(27-4)9-12(11)21(13)2/h7-10H,5-6H2,1-4H3,(H,19,24)(H,20,25)(H,22,23). The van der Waals surface area contributed by atoms with E-state index in [0.717, 1.165) is 10.9 Å². The second-order valence-corrected chi connectivity index (χ2v) is 5.98. The van der Waals surface area contributed by atoms with Crippen LogP contribution in [0.25, 0.3) is 10.9 Å². The van der Waals surface area contributed by atoms with Gasteiger partial charge in [-0.1, -0.05) is 0 Å². The van der Waals surface area contributed by atoms with Gasteiger partial charge >= 0.3 is 5.97 Å². The minimum Gasteiger partial charge on any atom is -0.493 e. The number of aryl methyl sites for hydroxylation is 1. The van der Waals surface area contributed by atoms with Gasteiger partial charge in [0.05, 0.1) is 26.2 Å². The highest BCUT2D eigenvalue weighted by atomic mass is 16.5. The number of nitrogens with zero attached hydrogens (tertiary/aromatic N) is 1. The SMILES string of the molecule is COc1cc2cc(C(=O)NC(C)C(=O)NCCC(=O)O)n(C)c2cc1OC. The van der Waals surface area contributed by atoms with E-state index >= 15 is 0 Å². The van der Waals surface area contributed by atoms with Crippen LogP contribution >= 0.6 is 0 Å². The Hall–Kier alpha value is -3.23. The first-order chi connectivity index (χ1) is 12.8. The average Bonchev–Trinajstić information content (AvgIpc) is 2.95. The highest BCUT2D eigenvalue weighted by Gasteiger charge is 2.20. The van der Waals surface area contributed by atoms with Crippen molar-refractivity contribution in [1.29, 1.82) is 0 Å². The van der Waals surface area contributed by atoms with Crippen LogP contribution in [0, 0.1) is 0 Å². The third kappa shape index (κ3) is 4.49. The number of benzene rings is 1. The molecule has 2 rings (SSSR count). The second kappa shape index (κ2) is 8.43. The summed E-state index contributed by atoms with van der Waals surface area (Å²) < 4.78 is 12.3. The number of ether oxygens (including phenoxy) is 2. The predicted octanol–water partition coefficient (Wildman–Crippen LogP) is 0.905. The minimum absolute atomic E-state index is 0.00199. The average molecular weight is 377 g/mol. The van der Waals surface area contributed by atoms with Gasteiger partial charge in [0.25, 0.3) is 5.91 Å². The zero-order chi connectivity index (χ0) is 20.1. The van der Waals surface area contributed by atoms with Gasteiger partial charge in [-0.3, -0.25) is 14.4 Å². The first-order valence-electron chi connectivity index (χ1n) is 8.30. The lowest BCUT2D eigenvalue weighted by atomic mass is 10.2. The molecule has 3 N–H and O–H groups in total. The third-order valence-electron chi connectivity index (χ3n) is 4.16. The van der Waals surface area contributed by atoms with E-state index in [4.69, 9.17) is 14.6 Å². The van der Waals surface area contributed by atoms with Crippen LogP contribution in [0.4, 0.5) is 0 Å². The summed E-state index contributed by atoms with van der Waals surface area (Å²) in [5.41, 5.74) is 1.14. The molecule has 0 aliphatic heterocycles. The van der Waals surface area contributed by atoms with Crippen molar-refractivity contribution in [2.24, 2.45) is 7.05 Å². The maximum absolute atomic E-state index is 12.6. The monoisotopic (exact) mass is 377 g/mol. The zero-order valence-electron chi connectivity index (χ0n) is 15.7. The lowest BCUT2D eigenvalue weighted by molar-refractivity contribution is -0.137. The number of aliphatic carboxylic acids is 1. The molecular weight excluding hydrogens is 354 g/mol. The number of rotatable bonds is 8. The van der Waals surface area contributed by atoms with Crippen LogP contribution in [-0.2, 0) is 16.6 Å². The van der Waals surface area contributed by atoms with E-state index in [-0.39, 0.29) is 13.0 Å². The van der Waals surface area contributed by atoms with Crippen molar-refractivity contribution in [2.45, 2.75) is 19.4 Å². The van der Waals surface area contributed by atoms with Crippen LogP contribution in [0.5, 0.6) is 11.5 Å². The molecule has 0 aliphatic rings. The van der Waals surface area contributed by atoms with Crippen LogP contribution < -0.4 is 20.1 Å². The molecule has 2 amide bonds. The van der Waals surface area contributed by atoms with Crippen molar-refractivity contribution in [3.05, 3.63) is 23.9 Å². The van der Waals surface area contributed by atoms with E-state index in [1.165, 1.54) is 21.1 Å². The lowest BCUT2D eigenvalue weighted by Crippen LogP contribution is -2.45. The molecule has 0 bridgehead atoms. The van der Waals surface area contributed by atoms with Crippen molar-refractivity contribution in [2.75, 3.05) is 20.8 Å². The van der Waals surface area contributed by atoms with Gasteiger partial charge < -0.3 is 29.8 Å². The summed E-state index contributed by atoms with van der Waals surface area (Å²) in [5.74, 6) is -0.786. The van der Waals surface area contributed by atoms with Gasteiger partial charge in [-0.2, -0.15) is 0 Å². The first-order valence-corrected chi connectivity index (χ1v) is 8.30. The number of aromatic nitrogens is 1. The Kier molecular flexibility index (Phi) is 6.27. The summed E-state index contributed by atoms with van der Waals surface area (Å²) in [7, 11) is 4.80. The van der Waals surface area contributed by atoms with Crippen LogP contribution in [0.3, 0.4) is 0 Å². The maximum Gasteiger partial charge on any atom is 0.305 e. The molecule has 2 aromatic rings. The van der Waals surface area contributed by atoms with E-state index in [0.29, 0.717) is 17.2 Å². The number of carboxylic acid groups (broad SMARTS) is 1. The Morgan fingerprint density at radius 3 is 2.37 bits per heavy atom. The molecule has 1 heterocycles. The molecule has 0 aliphatic carbocycles. The molecule has 0 fully saturated rings. The molecule has 27 heavy (non-hydrogen) atoms. The van der Waals surface area contributed by atoms with E-state index in [2.05, 4.69) is 10.6 Å². The number of hydrogen-bond donors (Lipinski definition) is 3. The van der Waals surface area contributed by atoms with E-state index in [1.54, 1.807) is 29.8 Å². The first kappa shape index (κ1) is 20.1. The number of carbonyl (C=O) groups excluding carboxylic acids is 2. The fourth-order valence-electron chi connectivity index (χ4n) is 2.66. The van der Waals surface area contributed by atoms with Crippen LogP contribution in [0.15, 0.2) is 18.2 Å².